The summed E-state index contributed by atoms with van der Waals surface area (Å²) in [6.45, 7) is 4.42. The predicted molar refractivity (Wildman–Crippen MR) is 253 cm³/mol. The Balaban J connectivity index is 1.39. The van der Waals surface area contributed by atoms with Crippen LogP contribution in [0.3, 0.4) is 0 Å². The lowest BCUT2D eigenvalue weighted by Gasteiger charge is -2.39. The van der Waals surface area contributed by atoms with Crippen molar-refractivity contribution >= 4 is 63.4 Å². The van der Waals surface area contributed by atoms with E-state index in [2.05, 4.69) is 31.5 Å². The zero-order chi connectivity index (χ0) is 47.0. The first-order valence-electron chi connectivity index (χ1n) is 20.6. The normalized spacial score (nSPS) is 13.5. The Kier molecular flexibility index (Phi) is 13.2. The summed E-state index contributed by atoms with van der Waals surface area (Å²) in [4.78, 5) is 18.1. The highest BCUT2D eigenvalue weighted by Crippen LogP contribution is 2.45. The van der Waals surface area contributed by atoms with E-state index in [1.54, 1.807) is 101 Å². The molecule has 0 radical (unpaired) electrons. The SMILES string of the molecule is COc1ccc(CN(Cc2ccc(OC)cc2)S(=O)(=O)c2c(S(=O)(=O)C3CN(C(=O)OC(C)(C)C)C3)ccc(-c3cccc4sc(Br)nc34)c2-c2nnnn2Cc2ccc(OC)cc2)cc1. The molecule has 2 aromatic heterocycles. The van der Waals surface area contributed by atoms with Crippen LogP contribution in [-0.4, -0.2) is 103 Å². The van der Waals surface area contributed by atoms with Gasteiger partial charge in [-0.2, -0.15) is 4.31 Å². The minimum atomic E-state index is -4.91. The molecule has 7 aromatic rings. The standard InChI is InChI=1S/C46H46BrN7O9S3/c1-46(2,3)63-45(55)52-27-35(28-52)65(56,57)39-23-22-36(37-8-7-9-38-41(37)48-44(47)64-38)40(43-49-50-51-54(43)26-31-14-20-34(62-6)21-15-31)42(39)66(58,59)53(24-29-10-16-32(60-4)17-11-29)25-30-12-18-33(61-5)19-13-30/h7-23,35H,24-28H2,1-6H3. The summed E-state index contributed by atoms with van der Waals surface area (Å²) >= 11 is 4.91. The highest BCUT2D eigenvalue weighted by atomic mass is 79.9. The number of para-hydroxylation sites is 1. The number of methoxy groups -OCH3 is 3. The van der Waals surface area contributed by atoms with Crippen molar-refractivity contribution in [1.29, 1.82) is 0 Å². The van der Waals surface area contributed by atoms with Crippen molar-refractivity contribution in [2.24, 2.45) is 0 Å². The second-order valence-electron chi connectivity index (χ2n) is 16.5. The van der Waals surface area contributed by atoms with Crippen LogP contribution in [0.1, 0.15) is 37.5 Å². The van der Waals surface area contributed by atoms with E-state index in [9.17, 15) is 4.79 Å². The number of sulfonamides is 1. The maximum Gasteiger partial charge on any atom is 0.410 e. The van der Waals surface area contributed by atoms with Crippen LogP contribution in [-0.2, 0) is 44.2 Å². The van der Waals surface area contributed by atoms with Gasteiger partial charge in [-0.1, -0.05) is 54.6 Å². The molecular weight excluding hydrogens is 971 g/mol. The Hall–Kier alpha value is -5.93. The van der Waals surface area contributed by atoms with Gasteiger partial charge < -0.3 is 23.8 Å². The maximum absolute atomic E-state index is 16.2. The van der Waals surface area contributed by atoms with Gasteiger partial charge in [0.05, 0.1) is 48.5 Å². The average molecular weight is 1020 g/mol. The number of carbonyl (C=O) groups is 1. The van der Waals surface area contributed by atoms with E-state index in [1.807, 2.05) is 24.3 Å². The maximum atomic E-state index is 16.2. The lowest BCUT2D eigenvalue weighted by Crippen LogP contribution is -2.57. The molecule has 16 nitrogen and oxygen atoms in total. The highest BCUT2D eigenvalue weighted by Gasteiger charge is 2.46. The Bertz CT molecular complexity index is 3070. The van der Waals surface area contributed by atoms with Crippen molar-refractivity contribution in [3.63, 3.8) is 0 Å². The van der Waals surface area contributed by atoms with Crippen molar-refractivity contribution in [3.05, 3.63) is 124 Å². The van der Waals surface area contributed by atoms with Gasteiger partial charge in [0.2, 0.25) is 10.0 Å². The lowest BCUT2D eigenvalue weighted by atomic mass is 9.98. The van der Waals surface area contributed by atoms with Gasteiger partial charge in [-0.05, 0) is 118 Å². The second-order valence-corrected chi connectivity index (χ2v) is 22.8. The van der Waals surface area contributed by atoms with Crippen LogP contribution in [0, 0.1) is 0 Å². The molecule has 0 spiro atoms. The van der Waals surface area contributed by atoms with Crippen molar-refractivity contribution < 1.29 is 40.6 Å². The van der Waals surface area contributed by atoms with E-state index in [0.717, 1.165) is 10.3 Å². The summed E-state index contributed by atoms with van der Waals surface area (Å²) in [6.07, 6.45) is -0.678. The Morgan fingerprint density at radius 1 is 0.773 bits per heavy atom. The molecule has 0 unspecified atom stereocenters. The first kappa shape index (κ1) is 46.6. The van der Waals surface area contributed by atoms with Gasteiger partial charge in [-0.25, -0.2) is 31.3 Å². The summed E-state index contributed by atoms with van der Waals surface area (Å²) in [5.41, 5.74) is 2.46. The van der Waals surface area contributed by atoms with Gasteiger partial charge in [0.25, 0.3) is 0 Å². The summed E-state index contributed by atoms with van der Waals surface area (Å²) in [5, 5.41) is 11.7. The number of hydrogen-bond donors (Lipinski definition) is 0. The number of hydrogen-bond acceptors (Lipinski definition) is 14. The molecule has 5 aromatic carbocycles. The molecule has 1 fully saturated rings. The molecule has 1 aliphatic rings. The molecule has 1 amide bonds. The number of thiazole rings is 1. The summed E-state index contributed by atoms with van der Waals surface area (Å²) in [7, 11) is -4.84. The number of nitrogens with zero attached hydrogens (tertiary/aromatic N) is 7. The van der Waals surface area contributed by atoms with Gasteiger partial charge in [-0.3, -0.25) is 0 Å². The van der Waals surface area contributed by atoms with Crippen LogP contribution in [0.2, 0.25) is 0 Å². The topological polar surface area (TPSA) is 185 Å². The first-order valence-corrected chi connectivity index (χ1v) is 25.2. The molecule has 0 N–H and O–H groups in total. The zero-order valence-corrected chi connectivity index (χ0v) is 40.9. The largest absolute Gasteiger partial charge is 0.497 e. The molecule has 1 saturated heterocycles. The van der Waals surface area contributed by atoms with Crippen LogP contribution in [0.25, 0.3) is 32.7 Å². The number of rotatable bonds is 15. The number of amides is 1. The number of benzene rings is 5. The molecule has 0 bridgehead atoms. The van der Waals surface area contributed by atoms with Gasteiger partial charge >= 0.3 is 6.09 Å². The smallest absolute Gasteiger partial charge is 0.410 e. The minimum Gasteiger partial charge on any atom is -0.497 e. The van der Waals surface area contributed by atoms with Crippen LogP contribution < -0.4 is 14.2 Å². The number of ether oxygens (including phenoxy) is 4. The second kappa shape index (κ2) is 18.8. The Morgan fingerprint density at radius 3 is 1.88 bits per heavy atom. The van der Waals surface area contributed by atoms with Crippen LogP contribution >= 0.6 is 27.3 Å². The highest BCUT2D eigenvalue weighted by molar-refractivity contribution is 9.11. The fraction of sp³-hybridized carbons (Fsp3) is 0.283. The minimum absolute atomic E-state index is 0.0134. The quantitative estimate of drug-likeness (QED) is 0.0958. The van der Waals surface area contributed by atoms with E-state index >= 15 is 16.8 Å². The van der Waals surface area contributed by atoms with Crippen molar-refractivity contribution in [2.45, 2.75) is 61.0 Å². The fourth-order valence-electron chi connectivity index (χ4n) is 7.54. The van der Waals surface area contributed by atoms with E-state index in [1.165, 1.54) is 45.5 Å². The molecule has 20 heteroatoms. The number of sulfone groups is 1. The van der Waals surface area contributed by atoms with Gasteiger partial charge in [0.15, 0.2) is 19.6 Å². The monoisotopic (exact) mass is 1020 g/mol. The molecule has 8 rings (SSSR count). The third-order valence-corrected chi connectivity index (χ3v) is 16.5. The summed E-state index contributed by atoms with van der Waals surface area (Å²) < 4.78 is 88.8. The van der Waals surface area contributed by atoms with Crippen molar-refractivity contribution in [1.82, 2.24) is 34.4 Å². The molecule has 66 heavy (non-hydrogen) atoms. The first-order chi connectivity index (χ1) is 31.5. The molecule has 3 heterocycles. The number of carbonyl (C=O) groups excluding carboxylic acids is 1. The van der Waals surface area contributed by atoms with E-state index in [-0.39, 0.29) is 44.1 Å². The zero-order valence-electron chi connectivity index (χ0n) is 36.8. The number of halogens is 1. The van der Waals surface area contributed by atoms with Gasteiger partial charge in [-0.15, -0.1) is 16.4 Å². The van der Waals surface area contributed by atoms with Crippen LogP contribution in [0.4, 0.5) is 4.79 Å². The summed E-state index contributed by atoms with van der Waals surface area (Å²) in [6, 6.07) is 29.5. The third kappa shape index (κ3) is 9.64. The average Bonchev–Trinajstić information content (AvgIpc) is 3.90. The van der Waals surface area contributed by atoms with Crippen molar-refractivity contribution in [3.8, 4) is 39.8 Å². The molecule has 0 atom stereocenters. The summed E-state index contributed by atoms with van der Waals surface area (Å²) in [5.74, 6) is 1.75. The van der Waals surface area contributed by atoms with Crippen LogP contribution in [0.15, 0.2) is 117 Å². The van der Waals surface area contributed by atoms with E-state index in [0.29, 0.717) is 48.9 Å². The molecule has 344 valence electrons. The Labute approximate surface area is 395 Å². The number of tetrazole rings is 1. The Morgan fingerprint density at radius 2 is 1.33 bits per heavy atom. The van der Waals surface area contributed by atoms with Gasteiger partial charge in [0, 0.05) is 31.7 Å². The molecular formula is C46H46BrN7O9S3. The van der Waals surface area contributed by atoms with E-state index in [4.69, 9.17) is 23.9 Å². The fourth-order valence-corrected chi connectivity index (χ4v) is 13.0. The van der Waals surface area contributed by atoms with E-state index < -0.39 is 46.6 Å². The number of likely N-dealkylation sites (tertiary alicyclic amines) is 1. The van der Waals surface area contributed by atoms with Crippen molar-refractivity contribution in [2.75, 3.05) is 34.4 Å². The molecule has 0 saturated carbocycles. The van der Waals surface area contributed by atoms with Crippen LogP contribution in [0.5, 0.6) is 17.2 Å². The molecule has 1 aliphatic heterocycles. The third-order valence-electron chi connectivity index (χ3n) is 10.9. The van der Waals surface area contributed by atoms with Gasteiger partial charge in [0.1, 0.15) is 33.0 Å². The lowest BCUT2D eigenvalue weighted by molar-refractivity contribution is 0.0139. The number of aromatic nitrogens is 5. The number of fused-ring (bicyclic) bond motifs is 1. The predicted octanol–water partition coefficient (Wildman–Crippen LogP) is 8.24. The molecule has 0 aliphatic carbocycles.